The molecule has 0 fully saturated rings. The number of Topliss-reactive ketones (excluding diaryl/α,β-unsaturated/α-hetero) is 1. The first-order chi connectivity index (χ1) is 8.70. The van der Waals surface area contributed by atoms with Crippen LogP contribution in [-0.4, -0.2) is 27.6 Å². The van der Waals surface area contributed by atoms with E-state index in [9.17, 15) is 4.79 Å². The highest BCUT2D eigenvalue weighted by Crippen LogP contribution is 2.44. The van der Waals surface area contributed by atoms with E-state index >= 15 is 0 Å². The van der Waals surface area contributed by atoms with Gasteiger partial charge in [-0.2, -0.15) is 10.4 Å². The van der Waals surface area contributed by atoms with Crippen LogP contribution in [0.5, 0.6) is 0 Å². The summed E-state index contributed by atoms with van der Waals surface area (Å²) in [4.78, 5) is 12.2. The second-order valence-corrected chi connectivity index (χ2v) is 5.39. The van der Waals surface area contributed by atoms with Crippen molar-refractivity contribution >= 4 is 17.5 Å². The zero-order valence-electron chi connectivity index (χ0n) is 9.79. The van der Waals surface area contributed by atoms with Gasteiger partial charge in [0, 0.05) is 4.91 Å². The fourth-order valence-corrected chi connectivity index (χ4v) is 3.45. The molecule has 0 saturated carbocycles. The van der Waals surface area contributed by atoms with Crippen LogP contribution in [0.15, 0.2) is 17.2 Å². The molecule has 1 aromatic rings. The summed E-state index contributed by atoms with van der Waals surface area (Å²) < 4.78 is 7.54. The third-order valence-corrected chi connectivity index (χ3v) is 4.45. The van der Waals surface area contributed by atoms with E-state index in [-0.39, 0.29) is 17.1 Å². The Labute approximate surface area is 108 Å². The van der Waals surface area contributed by atoms with E-state index in [1.807, 2.05) is 10.8 Å². The van der Waals surface area contributed by atoms with E-state index in [4.69, 9.17) is 10.00 Å². The lowest BCUT2D eigenvalue weighted by Crippen LogP contribution is -2.13. The number of aromatic nitrogens is 2. The molecule has 3 heterocycles. The monoisotopic (exact) mass is 261 g/mol. The average molecular weight is 261 g/mol. The van der Waals surface area contributed by atoms with Crippen molar-refractivity contribution in [2.75, 3.05) is 6.61 Å². The van der Waals surface area contributed by atoms with Crippen molar-refractivity contribution in [1.82, 2.24) is 9.78 Å². The summed E-state index contributed by atoms with van der Waals surface area (Å²) in [5.41, 5.74) is 1.31. The van der Waals surface area contributed by atoms with Gasteiger partial charge in [0.15, 0.2) is 5.78 Å². The molecule has 0 spiro atoms. The Morgan fingerprint density at radius 2 is 2.56 bits per heavy atom. The van der Waals surface area contributed by atoms with Gasteiger partial charge in [-0.1, -0.05) is 17.8 Å². The topological polar surface area (TPSA) is 67.9 Å². The maximum atomic E-state index is 11.4. The zero-order valence-corrected chi connectivity index (χ0v) is 10.6. The lowest BCUT2D eigenvalue weighted by Gasteiger charge is -2.15. The fourth-order valence-electron chi connectivity index (χ4n) is 2.29. The standard InChI is InChI=1S/C12H11N3O2S/c1-7(16)10-4-9-11-8(5-13)6-14-15(11)2-3-17-12(9)18-10/h4,6,9,12H,2-3H2,1H3. The molecule has 3 rings (SSSR count). The minimum atomic E-state index is -0.117. The fraction of sp³-hybridized carbons (Fsp3) is 0.417. The maximum Gasteiger partial charge on any atom is 0.165 e. The quantitative estimate of drug-likeness (QED) is 0.764. The smallest absolute Gasteiger partial charge is 0.165 e. The van der Waals surface area contributed by atoms with Gasteiger partial charge < -0.3 is 4.74 Å². The summed E-state index contributed by atoms with van der Waals surface area (Å²) in [6, 6.07) is 2.16. The van der Waals surface area contributed by atoms with Gasteiger partial charge in [0.05, 0.1) is 36.5 Å². The molecule has 92 valence electrons. The molecule has 2 aliphatic heterocycles. The van der Waals surface area contributed by atoms with Crippen LogP contribution in [0.25, 0.3) is 0 Å². The van der Waals surface area contributed by atoms with Crippen LogP contribution in [0.4, 0.5) is 0 Å². The van der Waals surface area contributed by atoms with Crippen molar-refractivity contribution in [2.45, 2.75) is 24.8 Å². The van der Waals surface area contributed by atoms with E-state index in [0.717, 1.165) is 5.69 Å². The molecule has 0 aromatic carbocycles. The summed E-state index contributed by atoms with van der Waals surface area (Å²) in [5, 5.41) is 13.3. The first-order valence-corrected chi connectivity index (χ1v) is 6.55. The Balaban J connectivity index is 2.09. The van der Waals surface area contributed by atoms with Crippen LogP contribution in [0, 0.1) is 11.3 Å². The molecule has 0 N–H and O–H groups in total. The normalized spacial score (nSPS) is 25.7. The first kappa shape index (κ1) is 11.5. The Hall–Kier alpha value is -1.58. The number of ether oxygens (including phenoxy) is 1. The number of nitriles is 1. The van der Waals surface area contributed by atoms with Gasteiger partial charge in [-0.3, -0.25) is 9.48 Å². The number of nitrogens with zero attached hydrogens (tertiary/aromatic N) is 3. The van der Waals surface area contributed by atoms with Gasteiger partial charge in [0.1, 0.15) is 11.5 Å². The second-order valence-electron chi connectivity index (χ2n) is 4.25. The van der Waals surface area contributed by atoms with E-state index in [2.05, 4.69) is 11.2 Å². The highest BCUT2D eigenvalue weighted by molar-refractivity contribution is 8.04. The molecule has 2 atom stereocenters. The van der Waals surface area contributed by atoms with Crippen LogP contribution in [-0.2, 0) is 16.1 Å². The Bertz CT molecular complexity index is 585. The molecular formula is C12H11N3O2S. The van der Waals surface area contributed by atoms with Crippen LogP contribution in [0.2, 0.25) is 0 Å². The number of hydrogen-bond donors (Lipinski definition) is 0. The average Bonchev–Trinajstić information content (AvgIpc) is 2.90. The van der Waals surface area contributed by atoms with Crippen LogP contribution < -0.4 is 0 Å². The van der Waals surface area contributed by atoms with Crippen molar-refractivity contribution < 1.29 is 9.53 Å². The lowest BCUT2D eigenvalue weighted by molar-refractivity contribution is -0.112. The first-order valence-electron chi connectivity index (χ1n) is 5.67. The molecular weight excluding hydrogens is 250 g/mol. The van der Waals surface area contributed by atoms with Crippen LogP contribution in [0.1, 0.15) is 24.1 Å². The summed E-state index contributed by atoms with van der Waals surface area (Å²) in [6.07, 6.45) is 3.49. The molecule has 2 aliphatic rings. The highest BCUT2D eigenvalue weighted by atomic mass is 32.2. The number of carbonyl (C=O) groups excluding carboxylic acids is 1. The minimum absolute atomic E-state index is 0.0428. The zero-order chi connectivity index (χ0) is 12.7. The van der Waals surface area contributed by atoms with Crippen LogP contribution in [0.3, 0.4) is 0 Å². The lowest BCUT2D eigenvalue weighted by atomic mass is 10.0. The summed E-state index contributed by atoms with van der Waals surface area (Å²) >= 11 is 1.44. The van der Waals surface area contributed by atoms with Gasteiger partial charge >= 0.3 is 0 Å². The second kappa shape index (κ2) is 4.26. The SMILES string of the molecule is CC(=O)C1=CC2c3c(C#N)cnn3CCOC2S1. The van der Waals surface area contributed by atoms with Gasteiger partial charge in [-0.25, -0.2) is 0 Å². The molecule has 1 aromatic heterocycles. The Morgan fingerprint density at radius 3 is 3.28 bits per heavy atom. The highest BCUT2D eigenvalue weighted by Gasteiger charge is 2.37. The molecule has 0 amide bonds. The largest absolute Gasteiger partial charge is 0.364 e. The summed E-state index contributed by atoms with van der Waals surface area (Å²) in [6.45, 7) is 2.74. The minimum Gasteiger partial charge on any atom is -0.364 e. The molecule has 0 saturated heterocycles. The van der Waals surface area contributed by atoms with E-state index < -0.39 is 0 Å². The van der Waals surface area contributed by atoms with E-state index in [0.29, 0.717) is 23.6 Å². The van der Waals surface area contributed by atoms with Crippen molar-refractivity contribution in [1.29, 1.82) is 5.26 Å². The van der Waals surface area contributed by atoms with Crippen molar-refractivity contribution in [3.8, 4) is 6.07 Å². The van der Waals surface area contributed by atoms with E-state index in [1.165, 1.54) is 11.8 Å². The van der Waals surface area contributed by atoms with Gasteiger partial charge in [0.2, 0.25) is 0 Å². The van der Waals surface area contributed by atoms with Crippen molar-refractivity contribution in [2.24, 2.45) is 0 Å². The Morgan fingerprint density at radius 1 is 1.72 bits per heavy atom. The summed E-state index contributed by atoms with van der Waals surface area (Å²) in [5.74, 6) is -0.0187. The van der Waals surface area contributed by atoms with E-state index in [1.54, 1.807) is 13.1 Å². The predicted molar refractivity (Wildman–Crippen MR) is 65.8 cm³/mol. The van der Waals surface area contributed by atoms with Gasteiger partial charge in [0.25, 0.3) is 0 Å². The predicted octanol–water partition coefficient (Wildman–Crippen LogP) is 1.41. The number of allylic oxidation sites excluding steroid dienone is 1. The third kappa shape index (κ3) is 1.67. The number of fused-ring (bicyclic) bond motifs is 3. The van der Waals surface area contributed by atoms with Gasteiger partial charge in [-0.05, 0) is 6.92 Å². The van der Waals surface area contributed by atoms with Crippen molar-refractivity contribution in [3.05, 3.63) is 28.4 Å². The number of rotatable bonds is 1. The maximum absolute atomic E-state index is 11.4. The van der Waals surface area contributed by atoms with Crippen molar-refractivity contribution in [3.63, 3.8) is 0 Å². The third-order valence-electron chi connectivity index (χ3n) is 3.12. The number of ketones is 1. The molecule has 5 nitrogen and oxygen atoms in total. The Kier molecular flexibility index (Phi) is 2.73. The molecule has 0 aliphatic carbocycles. The summed E-state index contributed by atoms with van der Waals surface area (Å²) in [7, 11) is 0. The molecule has 2 unspecified atom stereocenters. The molecule has 6 heteroatoms. The molecule has 0 radical (unpaired) electrons. The van der Waals surface area contributed by atoms with Gasteiger partial charge in [-0.15, -0.1) is 0 Å². The van der Waals surface area contributed by atoms with Crippen LogP contribution >= 0.6 is 11.8 Å². The number of hydrogen-bond acceptors (Lipinski definition) is 5. The molecule has 18 heavy (non-hydrogen) atoms. The molecule has 0 bridgehead atoms. The number of carbonyl (C=O) groups is 1. The number of thioether (sulfide) groups is 1.